The summed E-state index contributed by atoms with van der Waals surface area (Å²) in [5.41, 5.74) is -0.488. The van der Waals surface area contributed by atoms with Crippen LogP contribution in [0.1, 0.15) is 32.3 Å². The summed E-state index contributed by atoms with van der Waals surface area (Å²) in [4.78, 5) is 51.6. The lowest BCUT2D eigenvalue weighted by molar-refractivity contribution is -0.138. The first-order chi connectivity index (χ1) is 16.4. The fourth-order valence-corrected chi connectivity index (χ4v) is 4.08. The molecule has 0 fully saturated rings. The lowest BCUT2D eigenvalue weighted by Crippen LogP contribution is -2.58. The molecular weight excluding hydrogens is 467 g/mol. The van der Waals surface area contributed by atoms with Crippen molar-refractivity contribution in [2.45, 2.75) is 38.9 Å². The summed E-state index contributed by atoms with van der Waals surface area (Å²) < 4.78 is 39.9. The van der Waals surface area contributed by atoms with Gasteiger partial charge in [0.05, 0.1) is 22.9 Å². The van der Waals surface area contributed by atoms with E-state index in [1.807, 2.05) is 0 Å². The Labute approximate surface area is 199 Å². The largest absolute Gasteiger partial charge is 0.416 e. The standard InChI is InChI=1S/C23H26F3N5O4/c1-13-22(2,21(35)27-3)11-17(19(33)28-9-5-6-14-12-29-30-18(14)32)20(34)31(13)16-8-4-7-15(10-16)23(24,25)26/h4,7-8,10-14H,5-6,9H2,1-3H3,(H,27,35)(H,28,33)(H,30,32). The molecule has 2 heterocycles. The first-order valence-corrected chi connectivity index (χ1v) is 11.0. The molecule has 4 amide bonds. The van der Waals surface area contributed by atoms with Crippen molar-refractivity contribution in [1.29, 1.82) is 0 Å². The van der Waals surface area contributed by atoms with Crippen LogP contribution in [0, 0.1) is 11.3 Å². The Balaban J connectivity index is 1.87. The Morgan fingerprint density at radius 2 is 1.97 bits per heavy atom. The highest BCUT2D eigenvalue weighted by Crippen LogP contribution is 2.39. The number of alkyl halides is 3. The quantitative estimate of drug-likeness (QED) is 0.396. The predicted molar refractivity (Wildman–Crippen MR) is 121 cm³/mol. The van der Waals surface area contributed by atoms with Crippen molar-refractivity contribution < 1.29 is 32.3 Å². The van der Waals surface area contributed by atoms with E-state index in [0.717, 1.165) is 23.1 Å². The minimum atomic E-state index is -4.64. The zero-order valence-corrected chi connectivity index (χ0v) is 19.4. The third kappa shape index (κ3) is 5.20. The zero-order valence-electron chi connectivity index (χ0n) is 19.4. The number of hydrogen-bond acceptors (Lipinski definition) is 5. The molecule has 0 bridgehead atoms. The van der Waals surface area contributed by atoms with Crippen molar-refractivity contribution in [1.82, 2.24) is 16.1 Å². The molecule has 0 aromatic heterocycles. The smallest absolute Gasteiger partial charge is 0.358 e. The van der Waals surface area contributed by atoms with Crippen LogP contribution in [0.5, 0.6) is 0 Å². The fraction of sp³-hybridized carbons (Fsp3) is 0.435. The van der Waals surface area contributed by atoms with Gasteiger partial charge >= 0.3 is 6.18 Å². The number of nitrogens with one attached hydrogen (secondary N) is 3. The van der Waals surface area contributed by atoms with Gasteiger partial charge in [0.2, 0.25) is 11.8 Å². The van der Waals surface area contributed by atoms with Crippen LogP contribution in [0.2, 0.25) is 0 Å². The maximum absolute atomic E-state index is 13.3. The predicted octanol–water partition coefficient (Wildman–Crippen LogP) is 1.75. The number of carbonyl (C=O) groups is 4. The van der Waals surface area contributed by atoms with Gasteiger partial charge in [0.15, 0.2) is 0 Å². The molecule has 188 valence electrons. The van der Waals surface area contributed by atoms with Crippen molar-refractivity contribution in [3.05, 3.63) is 41.5 Å². The number of hydrazone groups is 1. The van der Waals surface area contributed by atoms with Gasteiger partial charge in [-0.25, -0.2) is 5.43 Å². The van der Waals surface area contributed by atoms with Gasteiger partial charge in [-0.1, -0.05) is 6.07 Å². The minimum Gasteiger partial charge on any atom is -0.358 e. The van der Waals surface area contributed by atoms with E-state index in [4.69, 9.17) is 0 Å². The Morgan fingerprint density at radius 3 is 2.57 bits per heavy atom. The number of anilines is 1. The van der Waals surface area contributed by atoms with Crippen LogP contribution in [0.15, 0.2) is 41.0 Å². The van der Waals surface area contributed by atoms with E-state index in [1.165, 1.54) is 39.3 Å². The zero-order chi connectivity index (χ0) is 26.0. The summed E-state index contributed by atoms with van der Waals surface area (Å²) in [5, 5.41) is 8.76. The Kier molecular flexibility index (Phi) is 7.32. The highest BCUT2D eigenvalue weighted by molar-refractivity contribution is 6.25. The van der Waals surface area contributed by atoms with Crippen LogP contribution in [-0.2, 0) is 25.4 Å². The normalized spacial score (nSPS) is 24.2. The Bertz CT molecular complexity index is 1100. The summed E-state index contributed by atoms with van der Waals surface area (Å²) in [6, 6.07) is 3.28. The van der Waals surface area contributed by atoms with Crippen LogP contribution in [0.25, 0.3) is 0 Å². The van der Waals surface area contributed by atoms with Crippen LogP contribution in [0.4, 0.5) is 18.9 Å². The summed E-state index contributed by atoms with van der Waals surface area (Å²) in [6.07, 6.45) is -1.07. The Hall–Kier alpha value is -3.70. The number of amides is 4. The van der Waals surface area contributed by atoms with Gasteiger partial charge in [0.25, 0.3) is 11.8 Å². The summed E-state index contributed by atoms with van der Waals surface area (Å²) in [5.74, 6) is -2.74. The van der Waals surface area contributed by atoms with Gasteiger partial charge in [0.1, 0.15) is 5.57 Å². The van der Waals surface area contributed by atoms with Crippen LogP contribution in [-0.4, -0.2) is 49.5 Å². The minimum absolute atomic E-state index is 0.0858. The van der Waals surface area contributed by atoms with Crippen molar-refractivity contribution in [3.8, 4) is 0 Å². The molecule has 0 spiro atoms. The van der Waals surface area contributed by atoms with E-state index in [-0.39, 0.29) is 23.7 Å². The number of nitrogens with zero attached hydrogens (tertiary/aromatic N) is 2. The molecule has 0 saturated carbocycles. The van der Waals surface area contributed by atoms with Crippen molar-refractivity contribution >= 4 is 35.5 Å². The van der Waals surface area contributed by atoms with Crippen molar-refractivity contribution in [2.24, 2.45) is 16.4 Å². The second-order valence-corrected chi connectivity index (χ2v) is 8.58. The molecular formula is C23H26F3N5O4. The number of carbonyl (C=O) groups excluding carboxylic acids is 4. The van der Waals surface area contributed by atoms with Gasteiger partial charge in [-0.15, -0.1) is 0 Å². The van der Waals surface area contributed by atoms with Gasteiger partial charge in [-0.05, 0) is 51.0 Å². The summed E-state index contributed by atoms with van der Waals surface area (Å²) in [6.45, 7) is 3.18. The highest BCUT2D eigenvalue weighted by atomic mass is 19.4. The van der Waals surface area contributed by atoms with Crippen molar-refractivity contribution in [3.63, 3.8) is 0 Å². The molecule has 3 rings (SSSR count). The first-order valence-electron chi connectivity index (χ1n) is 11.0. The summed E-state index contributed by atoms with van der Waals surface area (Å²) in [7, 11) is 1.39. The van der Waals surface area contributed by atoms with Gasteiger partial charge < -0.3 is 15.5 Å². The first kappa shape index (κ1) is 25.9. The molecule has 0 saturated heterocycles. The van der Waals surface area contributed by atoms with E-state index in [2.05, 4.69) is 21.2 Å². The van der Waals surface area contributed by atoms with Crippen LogP contribution < -0.4 is 21.0 Å². The highest BCUT2D eigenvalue weighted by Gasteiger charge is 2.48. The maximum atomic E-state index is 13.3. The van der Waals surface area contributed by atoms with E-state index < -0.39 is 46.8 Å². The molecule has 2 aliphatic rings. The van der Waals surface area contributed by atoms with E-state index in [0.29, 0.717) is 12.8 Å². The number of hydrogen-bond donors (Lipinski definition) is 3. The molecule has 1 aromatic carbocycles. The number of halogens is 3. The molecule has 12 heteroatoms. The van der Waals surface area contributed by atoms with Gasteiger partial charge in [-0.2, -0.15) is 18.3 Å². The van der Waals surface area contributed by atoms with Gasteiger partial charge in [-0.3, -0.25) is 19.2 Å². The fourth-order valence-electron chi connectivity index (χ4n) is 4.08. The van der Waals surface area contributed by atoms with E-state index in [1.54, 1.807) is 0 Å². The average Bonchev–Trinajstić information content (AvgIpc) is 3.22. The Morgan fingerprint density at radius 1 is 1.26 bits per heavy atom. The second kappa shape index (κ2) is 9.88. The van der Waals surface area contributed by atoms with E-state index >= 15 is 0 Å². The van der Waals surface area contributed by atoms with Crippen LogP contribution in [0.3, 0.4) is 0 Å². The number of rotatable bonds is 7. The number of benzene rings is 1. The topological polar surface area (TPSA) is 120 Å². The lowest BCUT2D eigenvalue weighted by atomic mass is 9.76. The third-order valence-corrected chi connectivity index (χ3v) is 6.30. The molecule has 0 radical (unpaired) electrons. The van der Waals surface area contributed by atoms with Crippen molar-refractivity contribution in [2.75, 3.05) is 18.5 Å². The molecule has 0 aliphatic carbocycles. The molecule has 3 N–H and O–H groups in total. The molecule has 3 unspecified atom stereocenters. The average molecular weight is 493 g/mol. The molecule has 9 nitrogen and oxygen atoms in total. The lowest BCUT2D eigenvalue weighted by Gasteiger charge is -2.43. The SMILES string of the molecule is CNC(=O)C1(C)C=C(C(=O)NCCCC2C=NNC2=O)C(=O)N(c2cccc(C(F)(F)F)c2)C1C. The maximum Gasteiger partial charge on any atom is 0.416 e. The van der Waals surface area contributed by atoms with Gasteiger partial charge in [0, 0.05) is 25.5 Å². The monoisotopic (exact) mass is 493 g/mol. The van der Waals surface area contributed by atoms with E-state index in [9.17, 15) is 32.3 Å². The van der Waals surface area contributed by atoms with Crippen LogP contribution >= 0.6 is 0 Å². The molecule has 3 atom stereocenters. The second-order valence-electron chi connectivity index (χ2n) is 8.58. The third-order valence-electron chi connectivity index (χ3n) is 6.30. The summed E-state index contributed by atoms with van der Waals surface area (Å²) >= 11 is 0. The molecule has 35 heavy (non-hydrogen) atoms. The molecule has 2 aliphatic heterocycles. The molecule has 1 aromatic rings.